The average Bonchev–Trinajstić information content (AvgIpc) is 2.79. The number of allylic oxidation sites excluding steroid dienone is 5. The number of rotatable bonds is 2. The van der Waals surface area contributed by atoms with Gasteiger partial charge in [0.1, 0.15) is 0 Å². The molecule has 0 aliphatic heterocycles. The van der Waals surface area contributed by atoms with Crippen molar-refractivity contribution in [2.24, 2.45) is 0 Å². The van der Waals surface area contributed by atoms with Gasteiger partial charge >= 0.3 is 0 Å². The topological polar surface area (TPSA) is 15.8 Å². The zero-order valence-electron chi connectivity index (χ0n) is 7.74. The van der Waals surface area contributed by atoms with Crippen LogP contribution < -0.4 is 0 Å². The van der Waals surface area contributed by atoms with E-state index in [1.807, 2.05) is 30.6 Å². The number of nitrogens with one attached hydrogen (secondary N) is 1. The third-order valence-electron chi connectivity index (χ3n) is 1.75. The van der Waals surface area contributed by atoms with Crippen LogP contribution in [0.4, 0.5) is 0 Å². The van der Waals surface area contributed by atoms with E-state index in [0.717, 1.165) is 12.8 Å². The van der Waals surface area contributed by atoms with E-state index >= 15 is 0 Å². The first-order valence-electron chi connectivity index (χ1n) is 4.46. The summed E-state index contributed by atoms with van der Waals surface area (Å²) in [7, 11) is 0. The van der Waals surface area contributed by atoms with E-state index in [4.69, 9.17) is 0 Å². The van der Waals surface area contributed by atoms with Gasteiger partial charge < -0.3 is 4.98 Å². The molecule has 0 amide bonds. The molecule has 1 aliphatic rings. The van der Waals surface area contributed by atoms with Crippen molar-refractivity contribution in [1.29, 1.82) is 0 Å². The van der Waals surface area contributed by atoms with Crippen LogP contribution in [-0.4, -0.2) is 4.98 Å². The van der Waals surface area contributed by atoms with Crippen molar-refractivity contribution in [3.8, 4) is 0 Å². The largest absolute Gasteiger partial charge is 0.368 e. The van der Waals surface area contributed by atoms with E-state index in [9.17, 15) is 0 Å². The highest BCUT2D eigenvalue weighted by atomic mass is 14.6. The first-order valence-corrected chi connectivity index (χ1v) is 4.46. The van der Waals surface area contributed by atoms with Crippen LogP contribution in [0.1, 0.15) is 12.8 Å². The molecule has 0 fully saturated rings. The molecule has 1 N–H and O–H groups in total. The molecule has 0 unspecified atom stereocenters. The summed E-state index contributed by atoms with van der Waals surface area (Å²) in [5, 5.41) is 0. The molecule has 0 atom stereocenters. The summed E-state index contributed by atoms with van der Waals surface area (Å²) >= 11 is 0. The lowest BCUT2D eigenvalue weighted by molar-refractivity contribution is 1.14. The Kier molecular flexibility index (Phi) is 4.47. The molecular formula is C12H15N. The van der Waals surface area contributed by atoms with Crippen molar-refractivity contribution in [1.82, 2.24) is 4.98 Å². The van der Waals surface area contributed by atoms with Crippen LogP contribution in [0.15, 0.2) is 61.0 Å². The van der Waals surface area contributed by atoms with E-state index in [1.165, 1.54) is 5.57 Å². The Labute approximate surface area is 79.5 Å². The van der Waals surface area contributed by atoms with E-state index < -0.39 is 0 Å². The van der Waals surface area contributed by atoms with Gasteiger partial charge in [-0.3, -0.25) is 0 Å². The zero-order chi connectivity index (χ0) is 9.36. The Bertz CT molecular complexity index is 261. The first kappa shape index (κ1) is 9.59. The molecule has 1 heteroatoms. The molecule has 0 spiro atoms. The lowest BCUT2D eigenvalue weighted by Gasteiger charge is -1.90. The summed E-state index contributed by atoms with van der Waals surface area (Å²) < 4.78 is 0. The van der Waals surface area contributed by atoms with Gasteiger partial charge in [-0.05, 0) is 25.0 Å². The summed E-state index contributed by atoms with van der Waals surface area (Å²) in [4.78, 5) is 2.86. The maximum atomic E-state index is 3.66. The Hall–Kier alpha value is -1.50. The first-order chi connectivity index (χ1) is 6.43. The molecule has 1 heterocycles. The minimum atomic E-state index is 1.05. The molecule has 1 nitrogen and oxygen atoms in total. The number of aromatic amines is 1. The smallest absolute Gasteiger partial charge is 0.000496 e. The molecule has 1 aliphatic carbocycles. The molecule has 13 heavy (non-hydrogen) atoms. The Morgan fingerprint density at radius 3 is 2.54 bits per heavy atom. The van der Waals surface area contributed by atoms with Crippen molar-refractivity contribution in [3.05, 3.63) is 61.0 Å². The summed E-state index contributed by atoms with van der Waals surface area (Å²) in [5.74, 6) is 0. The van der Waals surface area contributed by atoms with Crippen LogP contribution in [0.25, 0.3) is 0 Å². The van der Waals surface area contributed by atoms with Crippen LogP contribution in [0.3, 0.4) is 0 Å². The minimum Gasteiger partial charge on any atom is -0.368 e. The number of hydrogen-bond acceptors (Lipinski definition) is 0. The van der Waals surface area contributed by atoms with Gasteiger partial charge in [0, 0.05) is 12.4 Å². The second-order valence-corrected chi connectivity index (χ2v) is 2.83. The molecule has 2 rings (SSSR count). The Morgan fingerprint density at radius 2 is 2.15 bits per heavy atom. The summed E-state index contributed by atoms with van der Waals surface area (Å²) in [5.41, 5.74) is 1.47. The highest BCUT2D eigenvalue weighted by Gasteiger charge is 1.93. The standard InChI is InChI=1S/C8H10.C4H5N/c1-2-5-8-6-3-4-7-8;1-2-4-5-3-1/h2-4,6H,1,5,7H2;1-5H. The lowest BCUT2D eigenvalue weighted by atomic mass is 10.2. The highest BCUT2D eigenvalue weighted by molar-refractivity contribution is 5.24. The van der Waals surface area contributed by atoms with Crippen molar-refractivity contribution in [2.75, 3.05) is 0 Å². The molecule has 1 aromatic heterocycles. The fourth-order valence-corrected chi connectivity index (χ4v) is 1.11. The second-order valence-electron chi connectivity index (χ2n) is 2.83. The average molecular weight is 173 g/mol. The molecule has 0 radical (unpaired) electrons. The SMILES string of the molecule is C=CCC1=CC=CC1.c1cc[nH]c1. The van der Waals surface area contributed by atoms with Gasteiger partial charge in [0.05, 0.1) is 0 Å². The van der Waals surface area contributed by atoms with Crippen LogP contribution in [-0.2, 0) is 0 Å². The third-order valence-corrected chi connectivity index (χ3v) is 1.75. The van der Waals surface area contributed by atoms with Gasteiger partial charge in [-0.25, -0.2) is 0 Å². The van der Waals surface area contributed by atoms with Gasteiger partial charge in [-0.1, -0.05) is 29.9 Å². The quantitative estimate of drug-likeness (QED) is 0.659. The monoisotopic (exact) mass is 173 g/mol. The molecule has 1 aromatic rings. The maximum Gasteiger partial charge on any atom is 0.000496 e. The molecule has 0 aromatic carbocycles. The van der Waals surface area contributed by atoms with Crippen molar-refractivity contribution >= 4 is 0 Å². The van der Waals surface area contributed by atoms with Crippen LogP contribution >= 0.6 is 0 Å². The van der Waals surface area contributed by atoms with E-state index in [-0.39, 0.29) is 0 Å². The number of H-pyrrole nitrogens is 1. The molecule has 68 valence electrons. The number of aromatic nitrogens is 1. The summed E-state index contributed by atoms with van der Waals surface area (Å²) in [6.45, 7) is 3.66. The predicted molar refractivity (Wildman–Crippen MR) is 57.4 cm³/mol. The van der Waals surface area contributed by atoms with E-state index in [2.05, 4.69) is 29.8 Å². The molecule has 0 bridgehead atoms. The molecular weight excluding hydrogens is 158 g/mol. The van der Waals surface area contributed by atoms with Gasteiger partial charge in [0.15, 0.2) is 0 Å². The van der Waals surface area contributed by atoms with Gasteiger partial charge in [-0.15, -0.1) is 6.58 Å². The predicted octanol–water partition coefficient (Wildman–Crippen LogP) is 3.46. The summed E-state index contributed by atoms with van der Waals surface area (Å²) in [6, 6.07) is 3.89. The van der Waals surface area contributed by atoms with E-state index in [0.29, 0.717) is 0 Å². The van der Waals surface area contributed by atoms with Gasteiger partial charge in [-0.2, -0.15) is 0 Å². The molecule has 0 saturated carbocycles. The van der Waals surface area contributed by atoms with E-state index in [1.54, 1.807) is 0 Å². The maximum absolute atomic E-state index is 3.66. The third kappa shape index (κ3) is 4.16. The Morgan fingerprint density at radius 1 is 1.38 bits per heavy atom. The fourth-order valence-electron chi connectivity index (χ4n) is 1.11. The molecule has 0 saturated heterocycles. The van der Waals surface area contributed by atoms with Crippen LogP contribution in [0, 0.1) is 0 Å². The Balaban J connectivity index is 0.000000145. The lowest BCUT2D eigenvalue weighted by Crippen LogP contribution is -1.70. The minimum absolute atomic E-state index is 1.05. The van der Waals surface area contributed by atoms with Crippen LogP contribution in [0.5, 0.6) is 0 Å². The van der Waals surface area contributed by atoms with Gasteiger partial charge in [0.25, 0.3) is 0 Å². The van der Waals surface area contributed by atoms with Crippen molar-refractivity contribution in [3.63, 3.8) is 0 Å². The number of hydrogen-bond donors (Lipinski definition) is 1. The summed E-state index contributed by atoms with van der Waals surface area (Å²) in [6.07, 6.45) is 14.3. The zero-order valence-corrected chi connectivity index (χ0v) is 7.74. The van der Waals surface area contributed by atoms with Crippen molar-refractivity contribution < 1.29 is 0 Å². The van der Waals surface area contributed by atoms with Crippen molar-refractivity contribution in [2.45, 2.75) is 12.8 Å². The van der Waals surface area contributed by atoms with Gasteiger partial charge in [0.2, 0.25) is 0 Å². The second kappa shape index (κ2) is 6.06. The highest BCUT2D eigenvalue weighted by Crippen LogP contribution is 2.13. The normalized spacial score (nSPS) is 13.1. The fraction of sp³-hybridized carbons (Fsp3) is 0.167. The van der Waals surface area contributed by atoms with Crippen LogP contribution in [0.2, 0.25) is 0 Å².